The Labute approximate surface area is 180 Å². The molecular formula is C22H26N2O5S. The molecule has 2 aromatic rings. The number of aliphatic hydroxyl groups excluding tert-OH is 1. The van der Waals surface area contributed by atoms with Gasteiger partial charge in [-0.3, -0.25) is 9.59 Å². The van der Waals surface area contributed by atoms with Crippen LogP contribution in [0, 0.1) is 0 Å². The van der Waals surface area contributed by atoms with E-state index in [1.165, 1.54) is 25.6 Å². The van der Waals surface area contributed by atoms with Crippen molar-refractivity contribution in [2.24, 2.45) is 0 Å². The number of hydrogen-bond donors (Lipinski definition) is 1. The summed E-state index contributed by atoms with van der Waals surface area (Å²) < 4.78 is 10.6. The molecule has 0 unspecified atom stereocenters. The van der Waals surface area contributed by atoms with Gasteiger partial charge in [-0.05, 0) is 56.7 Å². The van der Waals surface area contributed by atoms with Crippen molar-refractivity contribution in [2.45, 2.75) is 12.5 Å². The Morgan fingerprint density at radius 2 is 1.90 bits per heavy atom. The van der Waals surface area contributed by atoms with E-state index in [4.69, 9.17) is 9.47 Å². The topological polar surface area (TPSA) is 79.3 Å². The van der Waals surface area contributed by atoms with Crippen molar-refractivity contribution < 1.29 is 24.2 Å². The Hall–Kier alpha value is -2.84. The van der Waals surface area contributed by atoms with Crippen molar-refractivity contribution in [1.29, 1.82) is 0 Å². The highest BCUT2D eigenvalue weighted by Crippen LogP contribution is 2.42. The number of methoxy groups -OCH3 is 2. The fourth-order valence-corrected chi connectivity index (χ4v) is 4.39. The molecule has 160 valence electrons. The van der Waals surface area contributed by atoms with Gasteiger partial charge in [0, 0.05) is 17.0 Å². The maximum absolute atomic E-state index is 12.9. The van der Waals surface area contributed by atoms with Crippen LogP contribution >= 0.6 is 11.3 Å². The molecule has 1 amide bonds. The molecule has 30 heavy (non-hydrogen) atoms. The van der Waals surface area contributed by atoms with Crippen LogP contribution in [-0.2, 0) is 9.59 Å². The van der Waals surface area contributed by atoms with Crippen LogP contribution in [-0.4, -0.2) is 68.0 Å². The molecular weight excluding hydrogens is 404 g/mol. The van der Waals surface area contributed by atoms with Crippen molar-refractivity contribution >= 4 is 28.8 Å². The summed E-state index contributed by atoms with van der Waals surface area (Å²) in [5.74, 6) is -0.551. The summed E-state index contributed by atoms with van der Waals surface area (Å²) in [6.45, 7) is 1.21. The molecule has 2 heterocycles. The van der Waals surface area contributed by atoms with Gasteiger partial charge in [0.15, 0.2) is 11.5 Å². The van der Waals surface area contributed by atoms with Gasteiger partial charge in [0.1, 0.15) is 5.76 Å². The SMILES string of the molecule is COc1ccc(C(O)=C2C(=O)C(=O)N(CCCN(C)C)[C@@H]2c2cccs2)cc1OC. The number of amides is 1. The van der Waals surface area contributed by atoms with Gasteiger partial charge < -0.3 is 24.4 Å². The predicted molar refractivity (Wildman–Crippen MR) is 116 cm³/mol. The van der Waals surface area contributed by atoms with Gasteiger partial charge in [-0.1, -0.05) is 6.07 Å². The molecule has 1 aliphatic rings. The number of benzene rings is 1. The van der Waals surface area contributed by atoms with Gasteiger partial charge in [0.25, 0.3) is 11.7 Å². The maximum atomic E-state index is 12.9. The second kappa shape index (κ2) is 9.32. The highest BCUT2D eigenvalue weighted by atomic mass is 32.1. The molecule has 1 atom stereocenters. The number of carbonyl (C=O) groups excluding carboxylic acids is 2. The minimum atomic E-state index is -0.675. The Kier molecular flexibility index (Phi) is 6.79. The molecule has 0 spiro atoms. The first-order valence-electron chi connectivity index (χ1n) is 9.58. The Bertz CT molecular complexity index is 952. The third kappa shape index (κ3) is 4.20. The van der Waals surface area contributed by atoms with E-state index in [-0.39, 0.29) is 11.3 Å². The number of ether oxygens (including phenoxy) is 2. The van der Waals surface area contributed by atoms with Crippen LogP contribution in [0.15, 0.2) is 41.3 Å². The zero-order valence-electron chi connectivity index (χ0n) is 17.5. The quantitative estimate of drug-likeness (QED) is 0.394. The minimum absolute atomic E-state index is 0.0968. The zero-order chi connectivity index (χ0) is 21.8. The van der Waals surface area contributed by atoms with Crippen molar-refractivity contribution in [3.8, 4) is 11.5 Å². The summed E-state index contributed by atoms with van der Waals surface area (Å²) >= 11 is 1.45. The van der Waals surface area contributed by atoms with Crippen LogP contribution in [0.4, 0.5) is 0 Å². The number of Topliss-reactive ketones (excluding diaryl/α,β-unsaturated/α-hetero) is 1. The fraction of sp³-hybridized carbons (Fsp3) is 0.364. The molecule has 3 rings (SSSR count). The van der Waals surface area contributed by atoms with E-state index in [0.717, 1.165) is 17.8 Å². The highest BCUT2D eigenvalue weighted by Gasteiger charge is 2.46. The molecule has 1 aromatic heterocycles. The lowest BCUT2D eigenvalue weighted by molar-refractivity contribution is -0.139. The van der Waals surface area contributed by atoms with E-state index in [0.29, 0.717) is 23.6 Å². The zero-order valence-corrected chi connectivity index (χ0v) is 18.4. The lowest BCUT2D eigenvalue weighted by Gasteiger charge is -2.24. The van der Waals surface area contributed by atoms with Gasteiger partial charge in [0.2, 0.25) is 0 Å². The first-order chi connectivity index (χ1) is 14.4. The van der Waals surface area contributed by atoms with Crippen LogP contribution in [0.3, 0.4) is 0 Å². The number of hydrogen-bond acceptors (Lipinski definition) is 7. The second-order valence-electron chi connectivity index (χ2n) is 7.23. The number of carbonyl (C=O) groups is 2. The van der Waals surface area contributed by atoms with Crippen molar-refractivity contribution in [3.63, 3.8) is 0 Å². The molecule has 1 fully saturated rings. The van der Waals surface area contributed by atoms with Crippen LogP contribution in [0.25, 0.3) is 5.76 Å². The number of ketones is 1. The molecule has 8 heteroatoms. The lowest BCUT2D eigenvalue weighted by Crippen LogP contribution is -2.32. The first kappa shape index (κ1) is 21.9. The standard InChI is InChI=1S/C22H26N2O5S/c1-23(2)10-6-11-24-19(17-7-5-12-30-17)18(21(26)22(24)27)20(25)14-8-9-15(28-3)16(13-14)29-4/h5,7-9,12-13,19,25H,6,10-11H2,1-4H3/t19-/m1/s1. The summed E-state index contributed by atoms with van der Waals surface area (Å²) in [6.07, 6.45) is 0.721. The molecule has 7 nitrogen and oxygen atoms in total. The maximum Gasteiger partial charge on any atom is 0.295 e. The second-order valence-corrected chi connectivity index (χ2v) is 8.21. The summed E-state index contributed by atoms with van der Waals surface area (Å²) in [4.78, 5) is 30.2. The summed E-state index contributed by atoms with van der Waals surface area (Å²) in [6, 6.07) is 8.03. The van der Waals surface area contributed by atoms with Crippen LogP contribution in [0.1, 0.15) is 22.9 Å². The molecule has 0 radical (unpaired) electrons. The third-order valence-electron chi connectivity index (χ3n) is 5.01. The predicted octanol–water partition coefficient (Wildman–Crippen LogP) is 3.14. The number of aliphatic hydroxyl groups is 1. The van der Waals surface area contributed by atoms with Crippen molar-refractivity contribution in [1.82, 2.24) is 9.80 Å². The van der Waals surface area contributed by atoms with Crippen LogP contribution < -0.4 is 9.47 Å². The van der Waals surface area contributed by atoms with Crippen molar-refractivity contribution in [2.75, 3.05) is 41.4 Å². The molecule has 0 saturated carbocycles. The van der Waals surface area contributed by atoms with Crippen LogP contribution in [0.2, 0.25) is 0 Å². The van der Waals surface area contributed by atoms with Crippen molar-refractivity contribution in [3.05, 3.63) is 51.7 Å². The lowest BCUT2D eigenvalue weighted by atomic mass is 9.99. The number of nitrogens with zero attached hydrogens (tertiary/aromatic N) is 2. The van der Waals surface area contributed by atoms with Gasteiger partial charge in [-0.25, -0.2) is 0 Å². The highest BCUT2D eigenvalue weighted by molar-refractivity contribution is 7.10. The third-order valence-corrected chi connectivity index (χ3v) is 5.94. The molecule has 1 aromatic carbocycles. The van der Waals surface area contributed by atoms with E-state index in [2.05, 4.69) is 0 Å². The average molecular weight is 431 g/mol. The number of thiophene rings is 1. The van der Waals surface area contributed by atoms with Gasteiger partial charge in [-0.2, -0.15) is 0 Å². The first-order valence-corrected chi connectivity index (χ1v) is 10.5. The van der Waals surface area contributed by atoms with E-state index in [9.17, 15) is 14.7 Å². The minimum Gasteiger partial charge on any atom is -0.507 e. The van der Waals surface area contributed by atoms with Gasteiger partial charge >= 0.3 is 0 Å². The Balaban J connectivity index is 2.06. The molecule has 1 saturated heterocycles. The fourth-order valence-electron chi connectivity index (χ4n) is 3.55. The van der Waals surface area contributed by atoms with E-state index in [1.54, 1.807) is 23.1 Å². The number of rotatable bonds is 8. The Morgan fingerprint density at radius 3 is 2.50 bits per heavy atom. The molecule has 0 bridgehead atoms. The van der Waals surface area contributed by atoms with Crippen LogP contribution in [0.5, 0.6) is 11.5 Å². The summed E-state index contributed by atoms with van der Waals surface area (Å²) in [5.41, 5.74) is 0.486. The van der Waals surface area contributed by atoms with Gasteiger partial charge in [-0.15, -0.1) is 11.3 Å². The average Bonchev–Trinajstić information content (AvgIpc) is 3.35. The molecule has 1 aliphatic heterocycles. The largest absolute Gasteiger partial charge is 0.507 e. The molecule has 0 aliphatic carbocycles. The van der Waals surface area contributed by atoms with E-state index < -0.39 is 17.7 Å². The smallest absolute Gasteiger partial charge is 0.295 e. The van der Waals surface area contributed by atoms with Gasteiger partial charge in [0.05, 0.1) is 25.8 Å². The van der Waals surface area contributed by atoms with E-state index >= 15 is 0 Å². The molecule has 1 N–H and O–H groups in total. The monoisotopic (exact) mass is 430 g/mol. The summed E-state index contributed by atoms with van der Waals surface area (Å²) in [5, 5.41) is 13.0. The normalized spacial score (nSPS) is 18.3. The Morgan fingerprint density at radius 1 is 1.17 bits per heavy atom. The number of likely N-dealkylation sites (tertiary alicyclic amines) is 1. The van der Waals surface area contributed by atoms with E-state index in [1.807, 2.05) is 36.5 Å². The summed E-state index contributed by atoms with van der Waals surface area (Å²) in [7, 11) is 6.94.